The topological polar surface area (TPSA) is 91.2 Å². The third-order valence-corrected chi connectivity index (χ3v) is 4.30. The van der Waals surface area contributed by atoms with Crippen molar-refractivity contribution in [2.75, 3.05) is 19.5 Å². The summed E-state index contributed by atoms with van der Waals surface area (Å²) in [5.74, 6) is 0.495. The highest BCUT2D eigenvalue weighted by atomic mass is 35.5. The summed E-state index contributed by atoms with van der Waals surface area (Å²) in [5, 5.41) is 14.9. The monoisotopic (exact) mass is 405 g/mol. The van der Waals surface area contributed by atoms with Gasteiger partial charge in [-0.3, -0.25) is 4.79 Å². The van der Waals surface area contributed by atoms with E-state index in [2.05, 4.69) is 20.7 Å². The normalized spacial score (nSPS) is 11.8. The van der Waals surface area contributed by atoms with Crippen molar-refractivity contribution in [1.29, 1.82) is 0 Å². The number of carbonyl (C=O) groups is 1. The summed E-state index contributed by atoms with van der Waals surface area (Å²) in [4.78, 5) is 13.6. The second-order valence-electron chi connectivity index (χ2n) is 5.79. The molecule has 1 amide bonds. The summed E-state index contributed by atoms with van der Waals surface area (Å²) < 4.78 is 23.6. The largest absolute Gasteiger partial charge is 0.493 e. The number of aromatic nitrogens is 4. The molecule has 0 radical (unpaired) electrons. The number of benzene rings is 2. The minimum absolute atomic E-state index is 0.0955. The van der Waals surface area contributed by atoms with Crippen LogP contribution in [0.5, 0.6) is 11.5 Å². The van der Waals surface area contributed by atoms with E-state index in [1.807, 2.05) is 0 Å². The molecule has 3 rings (SSSR count). The lowest BCUT2D eigenvalue weighted by Gasteiger charge is -2.12. The predicted molar refractivity (Wildman–Crippen MR) is 101 cm³/mol. The van der Waals surface area contributed by atoms with Crippen LogP contribution in [-0.2, 0) is 4.79 Å². The van der Waals surface area contributed by atoms with Crippen LogP contribution in [0.4, 0.5) is 10.1 Å². The van der Waals surface area contributed by atoms with E-state index in [1.165, 1.54) is 24.0 Å². The van der Waals surface area contributed by atoms with Crippen molar-refractivity contribution in [2.24, 2.45) is 0 Å². The molecule has 1 aromatic heterocycles. The summed E-state index contributed by atoms with van der Waals surface area (Å²) in [5.41, 5.74) is 0.943. The molecule has 1 atom stereocenters. The average molecular weight is 406 g/mol. The van der Waals surface area contributed by atoms with E-state index in [4.69, 9.17) is 21.1 Å². The van der Waals surface area contributed by atoms with Crippen molar-refractivity contribution in [3.05, 3.63) is 47.2 Å². The lowest BCUT2D eigenvalue weighted by atomic mass is 10.2. The van der Waals surface area contributed by atoms with Gasteiger partial charge in [0.2, 0.25) is 5.82 Å². The zero-order valence-corrected chi connectivity index (χ0v) is 16.1. The SMILES string of the molecule is COc1ccc(-c2nnn([C@@H](C)C(=O)Nc3ccc(F)cc3Cl)n2)cc1OC. The van der Waals surface area contributed by atoms with Crippen LogP contribution in [0, 0.1) is 5.82 Å². The first-order valence-electron chi connectivity index (χ1n) is 8.20. The highest BCUT2D eigenvalue weighted by molar-refractivity contribution is 6.33. The Hall–Kier alpha value is -3.20. The lowest BCUT2D eigenvalue weighted by Crippen LogP contribution is -2.25. The van der Waals surface area contributed by atoms with Crippen molar-refractivity contribution >= 4 is 23.2 Å². The fraction of sp³-hybridized carbons (Fsp3) is 0.222. The molecule has 8 nitrogen and oxygen atoms in total. The minimum atomic E-state index is -0.775. The van der Waals surface area contributed by atoms with Gasteiger partial charge in [-0.1, -0.05) is 11.6 Å². The summed E-state index contributed by atoms with van der Waals surface area (Å²) in [6, 6.07) is 8.12. The van der Waals surface area contributed by atoms with Crippen LogP contribution in [0.15, 0.2) is 36.4 Å². The maximum absolute atomic E-state index is 13.1. The molecular weight excluding hydrogens is 389 g/mol. The first kappa shape index (κ1) is 19.6. The van der Waals surface area contributed by atoms with Gasteiger partial charge in [0.25, 0.3) is 5.91 Å². The summed E-state index contributed by atoms with van der Waals surface area (Å²) in [6.45, 7) is 1.60. The van der Waals surface area contributed by atoms with E-state index in [0.29, 0.717) is 28.6 Å². The van der Waals surface area contributed by atoms with E-state index >= 15 is 0 Å². The third-order valence-electron chi connectivity index (χ3n) is 3.98. The molecule has 0 saturated carbocycles. The average Bonchev–Trinajstić information content (AvgIpc) is 3.19. The van der Waals surface area contributed by atoms with Gasteiger partial charge in [-0.2, -0.15) is 4.80 Å². The maximum Gasteiger partial charge on any atom is 0.250 e. The molecule has 0 spiro atoms. The summed E-state index contributed by atoms with van der Waals surface area (Å²) in [7, 11) is 3.07. The first-order chi connectivity index (χ1) is 13.4. The molecule has 1 heterocycles. The fourth-order valence-electron chi connectivity index (χ4n) is 2.41. The zero-order chi connectivity index (χ0) is 20.3. The molecule has 0 fully saturated rings. The molecule has 28 heavy (non-hydrogen) atoms. The summed E-state index contributed by atoms with van der Waals surface area (Å²) >= 11 is 5.93. The number of halogens is 2. The Labute approximate surface area is 165 Å². The minimum Gasteiger partial charge on any atom is -0.493 e. The smallest absolute Gasteiger partial charge is 0.250 e. The Morgan fingerprint density at radius 1 is 1.18 bits per heavy atom. The van der Waals surface area contributed by atoms with Crippen molar-refractivity contribution in [1.82, 2.24) is 20.2 Å². The van der Waals surface area contributed by atoms with Gasteiger partial charge < -0.3 is 14.8 Å². The van der Waals surface area contributed by atoms with Crippen molar-refractivity contribution in [3.8, 4) is 22.9 Å². The first-order valence-corrected chi connectivity index (χ1v) is 8.58. The van der Waals surface area contributed by atoms with Crippen LogP contribution in [0.3, 0.4) is 0 Å². The molecule has 0 aliphatic heterocycles. The summed E-state index contributed by atoms with van der Waals surface area (Å²) in [6.07, 6.45) is 0. The highest BCUT2D eigenvalue weighted by Gasteiger charge is 2.20. The van der Waals surface area contributed by atoms with Crippen LogP contribution in [-0.4, -0.2) is 40.3 Å². The van der Waals surface area contributed by atoms with E-state index in [0.717, 1.165) is 6.07 Å². The lowest BCUT2D eigenvalue weighted by molar-refractivity contribution is -0.119. The number of anilines is 1. The van der Waals surface area contributed by atoms with Gasteiger partial charge in [-0.25, -0.2) is 4.39 Å². The molecular formula is C18H17ClFN5O3. The number of hydrogen-bond acceptors (Lipinski definition) is 6. The molecule has 0 bridgehead atoms. The quantitative estimate of drug-likeness (QED) is 0.676. The number of tetrazole rings is 1. The molecule has 0 aliphatic rings. The maximum atomic E-state index is 13.1. The number of nitrogens with one attached hydrogen (secondary N) is 1. The van der Waals surface area contributed by atoms with Crippen LogP contribution < -0.4 is 14.8 Å². The van der Waals surface area contributed by atoms with Gasteiger partial charge in [0.15, 0.2) is 11.5 Å². The number of methoxy groups -OCH3 is 2. The second kappa shape index (κ2) is 8.22. The van der Waals surface area contributed by atoms with E-state index in [-0.39, 0.29) is 5.02 Å². The molecule has 0 saturated heterocycles. The van der Waals surface area contributed by atoms with Gasteiger partial charge in [-0.15, -0.1) is 10.2 Å². The van der Waals surface area contributed by atoms with Gasteiger partial charge in [0.1, 0.15) is 11.9 Å². The Bertz CT molecular complexity index is 1010. The second-order valence-corrected chi connectivity index (χ2v) is 6.20. The fourth-order valence-corrected chi connectivity index (χ4v) is 2.63. The van der Waals surface area contributed by atoms with E-state index in [9.17, 15) is 9.18 Å². The standard InChI is InChI=1S/C18H17ClFN5O3/c1-10(18(26)21-14-6-5-12(20)9-13(14)19)25-23-17(22-24-25)11-4-7-15(27-2)16(8-11)28-3/h4-10H,1-3H3,(H,21,26)/t10-/m0/s1. The number of hydrogen-bond donors (Lipinski definition) is 1. The van der Waals surface area contributed by atoms with Gasteiger partial charge in [0, 0.05) is 5.56 Å². The number of amides is 1. The predicted octanol–water partition coefficient (Wildman–Crippen LogP) is 3.35. The van der Waals surface area contributed by atoms with Crippen LogP contribution in [0.25, 0.3) is 11.4 Å². The van der Waals surface area contributed by atoms with Crippen molar-refractivity contribution < 1.29 is 18.7 Å². The van der Waals surface area contributed by atoms with Crippen LogP contribution in [0.2, 0.25) is 5.02 Å². The molecule has 0 aliphatic carbocycles. The Morgan fingerprint density at radius 3 is 2.61 bits per heavy atom. The number of carbonyl (C=O) groups excluding carboxylic acids is 1. The molecule has 3 aromatic rings. The molecule has 146 valence electrons. The number of ether oxygens (including phenoxy) is 2. The Balaban J connectivity index is 1.78. The molecule has 0 unspecified atom stereocenters. The van der Waals surface area contributed by atoms with Gasteiger partial charge in [0.05, 0.1) is 24.9 Å². The van der Waals surface area contributed by atoms with E-state index < -0.39 is 17.8 Å². The van der Waals surface area contributed by atoms with Crippen molar-refractivity contribution in [2.45, 2.75) is 13.0 Å². The van der Waals surface area contributed by atoms with Crippen LogP contribution in [0.1, 0.15) is 13.0 Å². The zero-order valence-electron chi connectivity index (χ0n) is 15.3. The number of nitrogens with zero attached hydrogens (tertiary/aromatic N) is 4. The molecule has 2 aromatic carbocycles. The number of rotatable bonds is 6. The Kier molecular flexibility index (Phi) is 5.74. The highest BCUT2D eigenvalue weighted by Crippen LogP contribution is 2.31. The van der Waals surface area contributed by atoms with Gasteiger partial charge >= 0.3 is 0 Å². The van der Waals surface area contributed by atoms with Gasteiger partial charge in [-0.05, 0) is 48.5 Å². The third kappa shape index (κ3) is 4.04. The Morgan fingerprint density at radius 2 is 1.93 bits per heavy atom. The molecule has 1 N–H and O–H groups in total. The van der Waals surface area contributed by atoms with Crippen LogP contribution >= 0.6 is 11.6 Å². The molecule has 10 heteroatoms. The van der Waals surface area contributed by atoms with E-state index in [1.54, 1.807) is 32.2 Å². The van der Waals surface area contributed by atoms with Crippen molar-refractivity contribution in [3.63, 3.8) is 0 Å².